The number of benzene rings is 1. The van der Waals surface area contributed by atoms with Crippen LogP contribution in [0, 0.1) is 5.92 Å². The molecule has 0 spiro atoms. The molecule has 1 fully saturated rings. The molecule has 1 unspecified atom stereocenters. The third-order valence-electron chi connectivity index (χ3n) is 3.74. The second-order valence-corrected chi connectivity index (χ2v) is 5.00. The quantitative estimate of drug-likeness (QED) is 0.770. The van der Waals surface area contributed by atoms with Crippen LogP contribution in [0.5, 0.6) is 0 Å². The highest BCUT2D eigenvalue weighted by Gasteiger charge is 2.18. The molecule has 1 atom stereocenters. The van der Waals surface area contributed by atoms with Gasteiger partial charge in [0.2, 0.25) is 0 Å². The number of rotatable bonds is 6. The topological polar surface area (TPSA) is 12.0 Å². The van der Waals surface area contributed by atoms with Crippen LogP contribution in [0.1, 0.15) is 38.2 Å². The van der Waals surface area contributed by atoms with E-state index in [-0.39, 0.29) is 0 Å². The van der Waals surface area contributed by atoms with E-state index in [1.807, 2.05) is 0 Å². The van der Waals surface area contributed by atoms with Gasteiger partial charge in [-0.25, -0.2) is 0 Å². The van der Waals surface area contributed by atoms with Gasteiger partial charge in [-0.3, -0.25) is 0 Å². The molecule has 1 aromatic rings. The monoisotopic (exact) mass is 217 g/mol. The summed E-state index contributed by atoms with van der Waals surface area (Å²) >= 11 is 0. The maximum absolute atomic E-state index is 3.72. The molecule has 1 aromatic carbocycles. The second-order valence-electron chi connectivity index (χ2n) is 5.00. The second kappa shape index (κ2) is 6.05. The molecule has 1 nitrogen and oxygen atoms in total. The van der Waals surface area contributed by atoms with Crippen molar-refractivity contribution in [3.05, 3.63) is 35.9 Å². The Morgan fingerprint density at radius 1 is 1.25 bits per heavy atom. The van der Waals surface area contributed by atoms with Gasteiger partial charge in [-0.2, -0.15) is 0 Å². The summed E-state index contributed by atoms with van der Waals surface area (Å²) in [6.45, 7) is 3.51. The summed E-state index contributed by atoms with van der Waals surface area (Å²) in [4.78, 5) is 0. The van der Waals surface area contributed by atoms with E-state index in [0.29, 0.717) is 6.04 Å². The van der Waals surface area contributed by atoms with Gasteiger partial charge in [0.1, 0.15) is 0 Å². The lowest BCUT2D eigenvalue weighted by Crippen LogP contribution is -2.36. The summed E-state index contributed by atoms with van der Waals surface area (Å²) in [5.41, 5.74) is 1.45. The number of hydrogen-bond acceptors (Lipinski definition) is 1. The van der Waals surface area contributed by atoms with Crippen molar-refractivity contribution in [2.24, 2.45) is 5.92 Å². The summed E-state index contributed by atoms with van der Waals surface area (Å²) in [7, 11) is 0. The molecule has 16 heavy (non-hydrogen) atoms. The lowest BCUT2D eigenvalue weighted by molar-refractivity contribution is 0.286. The zero-order valence-electron chi connectivity index (χ0n) is 10.3. The molecular formula is C15H23N. The normalized spacial score (nSPS) is 18.1. The van der Waals surface area contributed by atoms with Gasteiger partial charge in [-0.05, 0) is 43.7 Å². The summed E-state index contributed by atoms with van der Waals surface area (Å²) in [5.74, 6) is 0.963. The Morgan fingerprint density at radius 3 is 2.56 bits per heavy atom. The minimum Gasteiger partial charge on any atom is -0.313 e. The van der Waals surface area contributed by atoms with E-state index < -0.39 is 0 Å². The fourth-order valence-corrected chi connectivity index (χ4v) is 2.29. The van der Waals surface area contributed by atoms with E-state index >= 15 is 0 Å². The van der Waals surface area contributed by atoms with Crippen LogP contribution in [-0.4, -0.2) is 12.6 Å². The molecule has 0 heterocycles. The molecule has 0 saturated heterocycles. The van der Waals surface area contributed by atoms with Crippen molar-refractivity contribution >= 4 is 0 Å². The van der Waals surface area contributed by atoms with Crippen molar-refractivity contribution in [3.63, 3.8) is 0 Å². The van der Waals surface area contributed by atoms with Crippen molar-refractivity contribution in [3.8, 4) is 0 Å². The SMILES string of the molecule is CCC(Cc1ccccc1)NCC1CCC1. The molecular weight excluding hydrogens is 194 g/mol. The van der Waals surface area contributed by atoms with E-state index in [1.54, 1.807) is 0 Å². The van der Waals surface area contributed by atoms with Crippen LogP contribution in [0.2, 0.25) is 0 Å². The molecule has 2 rings (SSSR count). The Morgan fingerprint density at radius 2 is 2.00 bits per heavy atom. The average molecular weight is 217 g/mol. The van der Waals surface area contributed by atoms with Crippen LogP contribution < -0.4 is 5.32 Å². The van der Waals surface area contributed by atoms with Crippen molar-refractivity contribution in [2.45, 2.75) is 45.1 Å². The molecule has 1 heteroatoms. The van der Waals surface area contributed by atoms with Gasteiger partial charge < -0.3 is 5.32 Å². The summed E-state index contributed by atoms with van der Waals surface area (Å²) in [6, 6.07) is 11.5. The summed E-state index contributed by atoms with van der Waals surface area (Å²) in [5, 5.41) is 3.72. The zero-order valence-corrected chi connectivity index (χ0v) is 10.3. The number of nitrogens with one attached hydrogen (secondary N) is 1. The molecule has 1 aliphatic rings. The first-order chi connectivity index (χ1) is 7.88. The van der Waals surface area contributed by atoms with Crippen LogP contribution in [0.3, 0.4) is 0 Å². The highest BCUT2D eigenvalue weighted by atomic mass is 14.9. The Bertz CT molecular complexity index is 290. The third kappa shape index (κ3) is 3.34. The molecule has 0 amide bonds. The van der Waals surface area contributed by atoms with Gasteiger partial charge >= 0.3 is 0 Å². The van der Waals surface area contributed by atoms with E-state index in [0.717, 1.165) is 5.92 Å². The molecule has 1 aliphatic carbocycles. The maximum atomic E-state index is 3.72. The van der Waals surface area contributed by atoms with Crippen LogP contribution in [0.4, 0.5) is 0 Å². The van der Waals surface area contributed by atoms with Gasteiger partial charge in [0.25, 0.3) is 0 Å². The summed E-state index contributed by atoms with van der Waals surface area (Å²) in [6.07, 6.45) is 6.72. The lowest BCUT2D eigenvalue weighted by atomic mass is 9.85. The molecule has 1 saturated carbocycles. The van der Waals surface area contributed by atoms with Crippen LogP contribution >= 0.6 is 0 Å². The maximum Gasteiger partial charge on any atom is 0.0105 e. The Labute approximate surface area is 99.3 Å². The molecule has 0 aromatic heterocycles. The summed E-state index contributed by atoms with van der Waals surface area (Å²) < 4.78 is 0. The first-order valence-corrected chi connectivity index (χ1v) is 6.65. The van der Waals surface area contributed by atoms with Crippen molar-refractivity contribution in [1.82, 2.24) is 5.32 Å². The smallest absolute Gasteiger partial charge is 0.0105 e. The van der Waals surface area contributed by atoms with Crippen LogP contribution in [-0.2, 0) is 6.42 Å². The first-order valence-electron chi connectivity index (χ1n) is 6.65. The fraction of sp³-hybridized carbons (Fsp3) is 0.600. The fourth-order valence-electron chi connectivity index (χ4n) is 2.29. The standard InChI is InChI=1S/C15H23N/c1-2-15(16-12-14-9-6-10-14)11-13-7-4-3-5-8-13/h3-5,7-8,14-16H,2,6,9-12H2,1H3. The predicted molar refractivity (Wildman–Crippen MR) is 69.6 cm³/mol. The third-order valence-corrected chi connectivity index (χ3v) is 3.74. The van der Waals surface area contributed by atoms with Crippen molar-refractivity contribution in [2.75, 3.05) is 6.54 Å². The van der Waals surface area contributed by atoms with Crippen LogP contribution in [0.25, 0.3) is 0 Å². The minimum absolute atomic E-state index is 0.656. The van der Waals surface area contributed by atoms with Gasteiger partial charge in [-0.15, -0.1) is 0 Å². The van der Waals surface area contributed by atoms with E-state index in [2.05, 4.69) is 42.6 Å². The predicted octanol–water partition coefficient (Wildman–Crippen LogP) is 3.40. The van der Waals surface area contributed by atoms with Crippen molar-refractivity contribution < 1.29 is 0 Å². The lowest BCUT2D eigenvalue weighted by Gasteiger charge is -2.28. The minimum atomic E-state index is 0.656. The van der Waals surface area contributed by atoms with Crippen LogP contribution in [0.15, 0.2) is 30.3 Å². The van der Waals surface area contributed by atoms with E-state index in [1.165, 1.54) is 44.2 Å². The van der Waals surface area contributed by atoms with Gasteiger partial charge in [-0.1, -0.05) is 43.7 Å². The molecule has 0 radical (unpaired) electrons. The van der Waals surface area contributed by atoms with Gasteiger partial charge in [0.15, 0.2) is 0 Å². The first kappa shape index (κ1) is 11.7. The Kier molecular flexibility index (Phi) is 4.41. The van der Waals surface area contributed by atoms with Crippen molar-refractivity contribution in [1.29, 1.82) is 0 Å². The highest BCUT2D eigenvalue weighted by molar-refractivity contribution is 5.15. The zero-order chi connectivity index (χ0) is 11.2. The van der Waals surface area contributed by atoms with E-state index in [4.69, 9.17) is 0 Å². The Hall–Kier alpha value is -0.820. The molecule has 1 N–H and O–H groups in total. The van der Waals surface area contributed by atoms with E-state index in [9.17, 15) is 0 Å². The molecule has 0 bridgehead atoms. The number of hydrogen-bond donors (Lipinski definition) is 1. The van der Waals surface area contributed by atoms with Gasteiger partial charge in [0.05, 0.1) is 0 Å². The largest absolute Gasteiger partial charge is 0.313 e. The Balaban J connectivity index is 1.76. The molecule has 88 valence electrons. The highest BCUT2D eigenvalue weighted by Crippen LogP contribution is 2.25. The average Bonchev–Trinajstić information content (AvgIpc) is 2.27. The molecule has 0 aliphatic heterocycles. The van der Waals surface area contributed by atoms with Gasteiger partial charge in [0, 0.05) is 6.04 Å².